The highest BCUT2D eigenvalue weighted by Gasteiger charge is 2.48. The summed E-state index contributed by atoms with van der Waals surface area (Å²) in [6.07, 6.45) is 1.77. The molecule has 4 aromatic rings. The van der Waals surface area contributed by atoms with Gasteiger partial charge in [-0.2, -0.15) is 0 Å². The molecule has 0 bridgehead atoms. The zero-order chi connectivity index (χ0) is 26.4. The fourth-order valence-electron chi connectivity index (χ4n) is 4.90. The van der Waals surface area contributed by atoms with Gasteiger partial charge in [-0.25, -0.2) is 0 Å². The Hall–Kier alpha value is -4.72. The van der Waals surface area contributed by atoms with Crippen molar-refractivity contribution in [2.45, 2.75) is 19.9 Å². The molecule has 1 fully saturated rings. The first-order chi connectivity index (χ1) is 18.4. The van der Waals surface area contributed by atoms with Crippen LogP contribution in [0.1, 0.15) is 31.0 Å². The van der Waals surface area contributed by atoms with Crippen LogP contribution in [-0.4, -0.2) is 35.2 Å². The summed E-state index contributed by atoms with van der Waals surface area (Å²) in [6.45, 7) is 4.68. The van der Waals surface area contributed by atoms with Crippen molar-refractivity contribution in [2.75, 3.05) is 18.3 Å². The van der Waals surface area contributed by atoms with Crippen LogP contribution in [0.5, 0.6) is 17.2 Å². The number of H-pyrrole nitrogens is 1. The molecule has 8 nitrogen and oxygen atoms in total. The minimum Gasteiger partial charge on any atom is -0.507 e. The van der Waals surface area contributed by atoms with Crippen LogP contribution in [0.15, 0.2) is 78.5 Å². The smallest absolute Gasteiger partial charge is 0.300 e. The summed E-state index contributed by atoms with van der Waals surface area (Å²) in [5, 5.41) is 12.4. The number of hydrogen-bond acceptors (Lipinski definition) is 6. The average Bonchev–Trinajstić information content (AvgIpc) is 3.63. The lowest BCUT2D eigenvalue weighted by molar-refractivity contribution is -0.132. The van der Waals surface area contributed by atoms with Crippen molar-refractivity contribution in [3.05, 3.63) is 89.6 Å². The zero-order valence-corrected chi connectivity index (χ0v) is 20.9. The molecular weight excluding hydrogens is 484 g/mol. The van der Waals surface area contributed by atoms with Crippen LogP contribution in [0.25, 0.3) is 16.7 Å². The van der Waals surface area contributed by atoms with Gasteiger partial charge in [-0.1, -0.05) is 44.2 Å². The zero-order valence-electron chi connectivity index (χ0n) is 20.9. The van der Waals surface area contributed by atoms with Gasteiger partial charge in [0.2, 0.25) is 6.79 Å². The van der Waals surface area contributed by atoms with Crippen molar-refractivity contribution in [3.8, 4) is 17.2 Å². The van der Waals surface area contributed by atoms with Crippen molar-refractivity contribution >= 4 is 34.0 Å². The summed E-state index contributed by atoms with van der Waals surface area (Å²) in [7, 11) is 0. The minimum atomic E-state index is -0.883. The number of anilines is 1. The molecule has 192 valence electrons. The van der Waals surface area contributed by atoms with E-state index in [1.54, 1.807) is 48.7 Å². The van der Waals surface area contributed by atoms with Gasteiger partial charge in [0.15, 0.2) is 11.5 Å². The summed E-state index contributed by atoms with van der Waals surface area (Å²) in [5.41, 5.74) is 2.38. The topological polar surface area (TPSA) is 101 Å². The molecule has 2 aliphatic rings. The first-order valence-corrected chi connectivity index (χ1v) is 12.4. The average molecular weight is 511 g/mol. The molecule has 0 radical (unpaired) electrons. The van der Waals surface area contributed by atoms with Crippen LogP contribution in [0.4, 0.5) is 5.69 Å². The molecule has 2 N–H and O–H groups in total. The van der Waals surface area contributed by atoms with E-state index in [2.05, 4.69) is 4.98 Å². The lowest BCUT2D eigenvalue weighted by Crippen LogP contribution is -2.29. The van der Waals surface area contributed by atoms with Gasteiger partial charge in [-0.15, -0.1) is 0 Å². The van der Waals surface area contributed by atoms with Crippen molar-refractivity contribution in [3.63, 3.8) is 0 Å². The predicted octanol–water partition coefficient (Wildman–Crippen LogP) is 5.56. The molecule has 38 heavy (non-hydrogen) atoms. The Bertz CT molecular complexity index is 1600. The summed E-state index contributed by atoms with van der Waals surface area (Å²) in [5.74, 6) is 0.149. The standard InChI is InChI=1S/C30H26N2O6/c1-17(2)15-36-20-7-5-6-18(12-20)28(33)26-27(22-14-31-23-9-4-3-8-21(22)23)32(30(35)29(26)34)19-10-11-24-25(13-19)38-16-37-24/h3-14,17,27,31,33H,15-16H2,1-2H3/b28-26+. The van der Waals surface area contributed by atoms with Gasteiger partial charge in [0.25, 0.3) is 11.7 Å². The molecule has 0 aliphatic carbocycles. The van der Waals surface area contributed by atoms with Crippen molar-refractivity contribution in [2.24, 2.45) is 5.92 Å². The SMILES string of the molecule is CC(C)COc1cccc(/C(O)=C2\C(=O)C(=O)N(c3ccc4c(c3)OCO4)C2c2c[nH]c3ccccc23)c1. The number of carbonyl (C=O) groups excluding carboxylic acids is 2. The number of aliphatic hydroxyl groups is 1. The molecule has 3 aromatic carbocycles. The van der Waals surface area contributed by atoms with E-state index in [0.29, 0.717) is 46.6 Å². The molecule has 0 saturated carbocycles. The van der Waals surface area contributed by atoms with Crippen LogP contribution in [-0.2, 0) is 9.59 Å². The quantitative estimate of drug-likeness (QED) is 0.200. The van der Waals surface area contributed by atoms with Crippen molar-refractivity contribution < 1.29 is 28.9 Å². The lowest BCUT2D eigenvalue weighted by Gasteiger charge is -2.25. The number of hydrogen-bond donors (Lipinski definition) is 2. The monoisotopic (exact) mass is 510 g/mol. The van der Waals surface area contributed by atoms with Gasteiger partial charge < -0.3 is 24.3 Å². The second kappa shape index (κ2) is 9.30. The summed E-state index contributed by atoms with van der Waals surface area (Å²) in [4.78, 5) is 31.8. The number of aromatic nitrogens is 1. The number of ether oxygens (including phenoxy) is 3. The third-order valence-electron chi connectivity index (χ3n) is 6.69. The summed E-state index contributed by atoms with van der Waals surface area (Å²) < 4.78 is 16.8. The van der Waals surface area contributed by atoms with Crippen LogP contribution < -0.4 is 19.1 Å². The lowest BCUT2D eigenvalue weighted by atomic mass is 9.94. The van der Waals surface area contributed by atoms with Gasteiger partial charge in [0.05, 0.1) is 18.2 Å². The molecule has 0 spiro atoms. The van der Waals surface area contributed by atoms with Gasteiger partial charge in [-0.05, 0) is 36.2 Å². The van der Waals surface area contributed by atoms with E-state index in [9.17, 15) is 14.7 Å². The Labute approximate surface area is 219 Å². The first-order valence-electron chi connectivity index (χ1n) is 12.4. The van der Waals surface area contributed by atoms with E-state index in [-0.39, 0.29) is 18.1 Å². The third kappa shape index (κ3) is 3.94. The van der Waals surface area contributed by atoms with Gasteiger partial charge in [0, 0.05) is 40.0 Å². The van der Waals surface area contributed by atoms with Crippen molar-refractivity contribution in [1.29, 1.82) is 0 Å². The fraction of sp³-hybridized carbons (Fsp3) is 0.200. The molecular formula is C30H26N2O6. The molecule has 6 rings (SSSR count). The van der Waals surface area contributed by atoms with E-state index in [1.807, 2.05) is 38.1 Å². The number of ketones is 1. The summed E-state index contributed by atoms with van der Waals surface area (Å²) in [6, 6.07) is 18.8. The molecule has 2 aliphatic heterocycles. The molecule has 3 heterocycles. The normalized spacial score (nSPS) is 18.1. The Morgan fingerprint density at radius 1 is 1.05 bits per heavy atom. The number of para-hydroxylation sites is 1. The van der Waals surface area contributed by atoms with Crippen LogP contribution in [0, 0.1) is 5.92 Å². The van der Waals surface area contributed by atoms with E-state index in [0.717, 1.165) is 10.9 Å². The Morgan fingerprint density at radius 2 is 1.87 bits per heavy atom. The number of amides is 1. The van der Waals surface area contributed by atoms with E-state index >= 15 is 0 Å². The highest BCUT2D eigenvalue weighted by Crippen LogP contribution is 2.46. The number of fused-ring (bicyclic) bond motifs is 2. The number of benzene rings is 3. The Balaban J connectivity index is 1.52. The number of nitrogens with one attached hydrogen (secondary N) is 1. The second-order valence-corrected chi connectivity index (χ2v) is 9.73. The second-order valence-electron chi connectivity index (χ2n) is 9.73. The number of Topliss-reactive ketones (excluding diaryl/α,β-unsaturated/α-hetero) is 1. The Kier molecular flexibility index (Phi) is 5.79. The van der Waals surface area contributed by atoms with E-state index < -0.39 is 17.7 Å². The van der Waals surface area contributed by atoms with Crippen LogP contribution >= 0.6 is 0 Å². The molecule has 1 atom stereocenters. The van der Waals surface area contributed by atoms with E-state index in [1.165, 1.54) is 4.90 Å². The van der Waals surface area contributed by atoms with Crippen molar-refractivity contribution in [1.82, 2.24) is 4.98 Å². The number of carbonyl (C=O) groups is 2. The molecule has 1 unspecified atom stereocenters. The van der Waals surface area contributed by atoms with Gasteiger partial charge in [-0.3, -0.25) is 14.5 Å². The van der Waals surface area contributed by atoms with Crippen LogP contribution in [0.2, 0.25) is 0 Å². The molecule has 1 aromatic heterocycles. The summed E-state index contributed by atoms with van der Waals surface area (Å²) >= 11 is 0. The highest BCUT2D eigenvalue weighted by molar-refractivity contribution is 6.52. The number of aromatic amines is 1. The maximum atomic E-state index is 13.6. The number of nitrogens with zero attached hydrogens (tertiary/aromatic N) is 1. The molecule has 1 amide bonds. The number of aliphatic hydroxyl groups excluding tert-OH is 1. The molecule has 1 saturated heterocycles. The highest BCUT2D eigenvalue weighted by atomic mass is 16.7. The van der Waals surface area contributed by atoms with Gasteiger partial charge in [0.1, 0.15) is 11.5 Å². The third-order valence-corrected chi connectivity index (χ3v) is 6.69. The first kappa shape index (κ1) is 23.7. The predicted molar refractivity (Wildman–Crippen MR) is 142 cm³/mol. The van der Waals surface area contributed by atoms with Gasteiger partial charge >= 0.3 is 0 Å². The maximum Gasteiger partial charge on any atom is 0.300 e. The minimum absolute atomic E-state index is 0.00145. The Morgan fingerprint density at radius 3 is 2.71 bits per heavy atom. The molecule has 8 heteroatoms. The fourth-order valence-corrected chi connectivity index (χ4v) is 4.90. The van der Waals surface area contributed by atoms with Crippen LogP contribution in [0.3, 0.4) is 0 Å². The number of rotatable bonds is 6. The largest absolute Gasteiger partial charge is 0.507 e. The maximum absolute atomic E-state index is 13.6. The van der Waals surface area contributed by atoms with E-state index in [4.69, 9.17) is 14.2 Å².